The predicted octanol–water partition coefficient (Wildman–Crippen LogP) is 5.94. The number of nitrogens with zero attached hydrogens (tertiary/aromatic N) is 4. The number of aromatic nitrogens is 3. The Morgan fingerprint density at radius 1 is 0.936 bits per heavy atom. The normalized spacial score (nSPS) is 11.0. The highest BCUT2D eigenvalue weighted by molar-refractivity contribution is 6.38. The van der Waals surface area contributed by atoms with Crippen molar-refractivity contribution in [2.75, 3.05) is 18.5 Å². The molecule has 0 unspecified atom stereocenters. The number of carbonyl (C=O) groups is 3. The van der Waals surface area contributed by atoms with Gasteiger partial charge >= 0.3 is 0 Å². The molecule has 0 saturated heterocycles. The number of ether oxygens (including phenoxy) is 1. The highest BCUT2D eigenvalue weighted by atomic mass is 35.5. The SMILES string of the molecule is Cc1ccc2cccc(OCc3c(Cl)ccc(N(C)C(=O)CNC(=O)C=Cc4ccc(C(=O)NCc5ccccn5)nc4)c3Cl)c2n1. The lowest BCUT2D eigenvalue weighted by Gasteiger charge is -2.21. The van der Waals surface area contributed by atoms with Gasteiger partial charge in [0.25, 0.3) is 5.91 Å². The Labute approximate surface area is 281 Å². The van der Waals surface area contributed by atoms with E-state index in [0.717, 1.165) is 22.3 Å². The second-order valence-electron chi connectivity index (χ2n) is 10.4. The number of pyridine rings is 3. The molecule has 0 bridgehead atoms. The number of fused-ring (bicyclic) bond motifs is 1. The summed E-state index contributed by atoms with van der Waals surface area (Å²) in [6, 6.07) is 21.5. The van der Waals surface area contributed by atoms with Crippen LogP contribution in [0.5, 0.6) is 5.75 Å². The smallest absolute Gasteiger partial charge is 0.270 e. The zero-order valence-electron chi connectivity index (χ0n) is 25.5. The van der Waals surface area contributed by atoms with Gasteiger partial charge in [-0.25, -0.2) is 4.98 Å². The average Bonchev–Trinajstić information content (AvgIpc) is 3.09. The van der Waals surface area contributed by atoms with Crippen LogP contribution in [0.25, 0.3) is 17.0 Å². The molecule has 10 nitrogen and oxygen atoms in total. The van der Waals surface area contributed by atoms with E-state index in [1.807, 2.05) is 49.4 Å². The predicted molar refractivity (Wildman–Crippen MR) is 182 cm³/mol. The van der Waals surface area contributed by atoms with E-state index in [0.29, 0.717) is 27.6 Å². The van der Waals surface area contributed by atoms with Gasteiger partial charge < -0.3 is 20.3 Å². The summed E-state index contributed by atoms with van der Waals surface area (Å²) in [6.45, 7) is 1.96. The fraction of sp³-hybridized carbons (Fsp3) is 0.143. The fourth-order valence-electron chi connectivity index (χ4n) is 4.51. The van der Waals surface area contributed by atoms with E-state index in [-0.39, 0.29) is 36.3 Å². The number of carbonyl (C=O) groups excluding carboxylic acids is 3. The molecule has 0 saturated carbocycles. The van der Waals surface area contributed by atoms with Crippen LogP contribution in [0.3, 0.4) is 0 Å². The van der Waals surface area contributed by atoms with Gasteiger partial charge in [-0.1, -0.05) is 53.5 Å². The fourth-order valence-corrected chi connectivity index (χ4v) is 5.12. The molecule has 0 aliphatic carbocycles. The first-order valence-electron chi connectivity index (χ1n) is 14.5. The third-order valence-corrected chi connectivity index (χ3v) is 7.89. The molecular formula is C35H30Cl2N6O4. The van der Waals surface area contributed by atoms with Crippen molar-refractivity contribution >= 4 is 63.6 Å². The number of anilines is 1. The molecule has 2 aromatic carbocycles. The second kappa shape index (κ2) is 15.3. The standard InChI is InChI=1S/C35H30Cl2N6O4/c1-22-9-12-24-6-5-8-30(34(24)42-22)47-21-26-27(36)13-15-29(33(26)37)43(2)32(45)20-40-31(44)16-11-23-10-14-28(39-18-23)35(46)41-19-25-7-3-4-17-38-25/h3-18H,19-21H2,1-2H3,(H,40,44)(H,41,46). The van der Waals surface area contributed by atoms with Crippen molar-refractivity contribution in [3.05, 3.63) is 130 Å². The van der Waals surface area contributed by atoms with E-state index in [9.17, 15) is 14.4 Å². The summed E-state index contributed by atoms with van der Waals surface area (Å²) in [6.07, 6.45) is 5.93. The molecule has 47 heavy (non-hydrogen) atoms. The van der Waals surface area contributed by atoms with Crippen molar-refractivity contribution in [1.82, 2.24) is 25.6 Å². The largest absolute Gasteiger partial charge is 0.487 e. The number of rotatable bonds is 11. The molecular weight excluding hydrogens is 639 g/mol. The minimum atomic E-state index is -0.487. The zero-order valence-corrected chi connectivity index (χ0v) is 27.0. The number of hydrogen-bond acceptors (Lipinski definition) is 7. The molecule has 5 aromatic rings. The highest BCUT2D eigenvalue weighted by Crippen LogP contribution is 2.35. The third-order valence-electron chi connectivity index (χ3n) is 7.11. The van der Waals surface area contributed by atoms with Gasteiger partial charge in [-0.2, -0.15) is 0 Å². The Balaban J connectivity index is 1.14. The summed E-state index contributed by atoms with van der Waals surface area (Å²) in [5.74, 6) is -0.652. The molecule has 3 heterocycles. The molecule has 238 valence electrons. The minimum absolute atomic E-state index is 0.0511. The van der Waals surface area contributed by atoms with Gasteiger partial charge in [0.05, 0.1) is 29.5 Å². The van der Waals surface area contributed by atoms with Gasteiger partial charge in [-0.3, -0.25) is 24.4 Å². The number of nitrogens with one attached hydrogen (secondary N) is 2. The van der Waals surface area contributed by atoms with Gasteiger partial charge in [0, 0.05) is 47.2 Å². The highest BCUT2D eigenvalue weighted by Gasteiger charge is 2.19. The first kappa shape index (κ1) is 33.1. The minimum Gasteiger partial charge on any atom is -0.487 e. The molecule has 0 fully saturated rings. The topological polar surface area (TPSA) is 126 Å². The molecule has 0 aliphatic heterocycles. The third kappa shape index (κ3) is 8.49. The van der Waals surface area contributed by atoms with Crippen molar-refractivity contribution in [3.8, 4) is 5.75 Å². The summed E-state index contributed by atoms with van der Waals surface area (Å²) < 4.78 is 6.08. The number of aryl methyl sites for hydroxylation is 1. The molecule has 0 atom stereocenters. The summed E-state index contributed by atoms with van der Waals surface area (Å²) in [7, 11) is 1.56. The van der Waals surface area contributed by atoms with Crippen LogP contribution in [0.4, 0.5) is 5.69 Å². The Bertz CT molecular complexity index is 1950. The lowest BCUT2D eigenvalue weighted by molar-refractivity contribution is -0.122. The first-order chi connectivity index (χ1) is 22.7. The van der Waals surface area contributed by atoms with Crippen molar-refractivity contribution in [1.29, 1.82) is 0 Å². The number of amides is 3. The van der Waals surface area contributed by atoms with Crippen molar-refractivity contribution in [2.45, 2.75) is 20.1 Å². The van der Waals surface area contributed by atoms with E-state index in [1.54, 1.807) is 43.6 Å². The van der Waals surface area contributed by atoms with Crippen LogP contribution >= 0.6 is 23.2 Å². The maximum Gasteiger partial charge on any atom is 0.270 e. The number of halogens is 2. The molecule has 3 aromatic heterocycles. The quantitative estimate of drug-likeness (QED) is 0.167. The van der Waals surface area contributed by atoms with Crippen LogP contribution in [-0.2, 0) is 22.7 Å². The molecule has 0 aliphatic rings. The lowest BCUT2D eigenvalue weighted by Crippen LogP contribution is -2.37. The second-order valence-corrected chi connectivity index (χ2v) is 11.2. The molecule has 12 heteroatoms. The average molecular weight is 670 g/mol. The Hall–Kier alpha value is -5.32. The molecule has 0 radical (unpaired) electrons. The summed E-state index contributed by atoms with van der Waals surface area (Å²) >= 11 is 13.2. The van der Waals surface area contributed by atoms with E-state index < -0.39 is 11.8 Å². The van der Waals surface area contributed by atoms with E-state index >= 15 is 0 Å². The van der Waals surface area contributed by atoms with Crippen LogP contribution in [0.2, 0.25) is 10.0 Å². The van der Waals surface area contributed by atoms with Gasteiger partial charge in [0.15, 0.2) is 0 Å². The Kier molecular flexibility index (Phi) is 10.8. The zero-order chi connectivity index (χ0) is 33.3. The van der Waals surface area contributed by atoms with E-state index in [1.165, 1.54) is 23.2 Å². The van der Waals surface area contributed by atoms with Gasteiger partial charge in [-0.05, 0) is 61.0 Å². The van der Waals surface area contributed by atoms with E-state index in [4.69, 9.17) is 27.9 Å². The lowest BCUT2D eigenvalue weighted by atomic mass is 10.1. The number of benzene rings is 2. The number of likely N-dealkylation sites (N-methyl/N-ethyl adjacent to an activating group) is 1. The number of para-hydroxylation sites is 1. The first-order valence-corrected chi connectivity index (χ1v) is 15.3. The van der Waals surface area contributed by atoms with Crippen molar-refractivity contribution < 1.29 is 19.1 Å². The number of hydrogen-bond donors (Lipinski definition) is 2. The molecule has 2 N–H and O–H groups in total. The Morgan fingerprint density at radius 2 is 1.79 bits per heavy atom. The Morgan fingerprint density at radius 3 is 2.55 bits per heavy atom. The van der Waals surface area contributed by atoms with Crippen molar-refractivity contribution in [3.63, 3.8) is 0 Å². The summed E-state index contributed by atoms with van der Waals surface area (Å²) in [5, 5.41) is 6.91. The van der Waals surface area contributed by atoms with Gasteiger partial charge in [0.1, 0.15) is 23.6 Å². The van der Waals surface area contributed by atoms with Crippen LogP contribution in [0, 0.1) is 6.92 Å². The van der Waals surface area contributed by atoms with Gasteiger partial charge in [0.2, 0.25) is 11.8 Å². The summed E-state index contributed by atoms with van der Waals surface area (Å²) in [4.78, 5) is 52.0. The molecule has 0 spiro atoms. The monoisotopic (exact) mass is 668 g/mol. The maximum absolute atomic E-state index is 13.0. The van der Waals surface area contributed by atoms with Gasteiger partial charge in [-0.15, -0.1) is 0 Å². The van der Waals surface area contributed by atoms with Crippen molar-refractivity contribution in [2.24, 2.45) is 0 Å². The maximum atomic E-state index is 13.0. The van der Waals surface area contributed by atoms with Crippen LogP contribution in [0.1, 0.15) is 33.0 Å². The van der Waals surface area contributed by atoms with Crippen LogP contribution in [-0.4, -0.2) is 46.3 Å². The molecule has 5 rings (SSSR count). The van der Waals surface area contributed by atoms with Crippen LogP contribution < -0.4 is 20.3 Å². The molecule has 3 amide bonds. The van der Waals surface area contributed by atoms with E-state index in [2.05, 4.69) is 25.6 Å². The van der Waals surface area contributed by atoms with Crippen LogP contribution in [0.15, 0.2) is 91.3 Å². The summed E-state index contributed by atoms with van der Waals surface area (Å²) in [5.41, 5.74) is 4.06.